The van der Waals surface area contributed by atoms with Crippen LogP contribution in [-0.4, -0.2) is 41.0 Å². The number of carbonyl (C=O) groups excluding carboxylic acids is 2. The van der Waals surface area contributed by atoms with Crippen molar-refractivity contribution >= 4 is 17.8 Å². The number of amides is 1. The van der Waals surface area contributed by atoms with Crippen molar-refractivity contribution in [2.45, 2.75) is 12.8 Å². The highest BCUT2D eigenvalue weighted by atomic mass is 16.5. The van der Waals surface area contributed by atoms with Gasteiger partial charge in [-0.3, -0.25) is 14.4 Å². The number of carboxylic acid groups (broad SMARTS) is 1. The molecule has 0 aromatic carbocycles. The van der Waals surface area contributed by atoms with E-state index in [4.69, 9.17) is 9.84 Å². The van der Waals surface area contributed by atoms with Gasteiger partial charge in [-0.15, -0.1) is 0 Å². The van der Waals surface area contributed by atoms with Crippen LogP contribution in [0.2, 0.25) is 0 Å². The number of nitrogens with zero attached hydrogens (tertiary/aromatic N) is 1. The summed E-state index contributed by atoms with van der Waals surface area (Å²) in [4.78, 5) is 33.9. The molecular formula is C11H13NO5. The lowest BCUT2D eigenvalue weighted by molar-refractivity contribution is -0.148. The van der Waals surface area contributed by atoms with E-state index in [-0.39, 0.29) is 31.9 Å². The van der Waals surface area contributed by atoms with E-state index in [1.807, 2.05) is 0 Å². The summed E-state index contributed by atoms with van der Waals surface area (Å²) in [5.74, 6) is -1.83. The van der Waals surface area contributed by atoms with E-state index in [1.165, 1.54) is 11.0 Å². The third-order valence-electron chi connectivity index (χ3n) is 2.15. The molecule has 92 valence electrons. The molecule has 0 fully saturated rings. The molecule has 0 aromatic rings. The molecule has 6 heteroatoms. The Morgan fingerprint density at radius 1 is 1.35 bits per heavy atom. The molecule has 0 saturated heterocycles. The first-order valence-electron chi connectivity index (χ1n) is 5.06. The quantitative estimate of drug-likeness (QED) is 0.674. The van der Waals surface area contributed by atoms with Crippen LogP contribution in [-0.2, 0) is 19.1 Å². The van der Waals surface area contributed by atoms with Crippen LogP contribution in [0.15, 0.2) is 24.4 Å². The molecule has 1 heterocycles. The fourth-order valence-electron chi connectivity index (χ4n) is 1.27. The molecule has 0 radical (unpaired) electrons. The van der Waals surface area contributed by atoms with Gasteiger partial charge in [0.1, 0.15) is 6.61 Å². The number of rotatable bonds is 6. The zero-order valence-corrected chi connectivity index (χ0v) is 9.22. The maximum atomic E-state index is 11.2. The van der Waals surface area contributed by atoms with Crippen LogP contribution in [0.25, 0.3) is 0 Å². The molecule has 17 heavy (non-hydrogen) atoms. The number of hydrogen-bond donors (Lipinski definition) is 1. The van der Waals surface area contributed by atoms with Crippen molar-refractivity contribution in [1.29, 1.82) is 0 Å². The van der Waals surface area contributed by atoms with Crippen molar-refractivity contribution in [2.24, 2.45) is 0 Å². The minimum atomic E-state index is -1.05. The van der Waals surface area contributed by atoms with Crippen LogP contribution in [0.5, 0.6) is 0 Å². The van der Waals surface area contributed by atoms with Crippen LogP contribution < -0.4 is 0 Å². The lowest BCUT2D eigenvalue weighted by Gasteiger charge is -2.16. The van der Waals surface area contributed by atoms with Gasteiger partial charge in [0.25, 0.3) is 5.91 Å². The third-order valence-corrected chi connectivity index (χ3v) is 2.15. The highest BCUT2D eigenvalue weighted by Gasteiger charge is 2.18. The second kappa shape index (κ2) is 5.83. The molecule has 0 unspecified atom stereocenters. The van der Waals surface area contributed by atoms with Crippen molar-refractivity contribution in [2.75, 3.05) is 13.2 Å². The Morgan fingerprint density at radius 3 is 2.59 bits per heavy atom. The van der Waals surface area contributed by atoms with E-state index in [2.05, 4.69) is 6.58 Å². The van der Waals surface area contributed by atoms with E-state index in [0.29, 0.717) is 5.70 Å². The van der Waals surface area contributed by atoms with Crippen molar-refractivity contribution in [3.63, 3.8) is 0 Å². The first-order chi connectivity index (χ1) is 8.00. The molecular weight excluding hydrogens is 226 g/mol. The zero-order valence-electron chi connectivity index (χ0n) is 9.22. The number of hydrogen-bond acceptors (Lipinski definition) is 4. The summed E-state index contributed by atoms with van der Waals surface area (Å²) >= 11 is 0. The molecule has 0 atom stereocenters. The smallest absolute Gasteiger partial charge is 0.306 e. The van der Waals surface area contributed by atoms with Gasteiger partial charge in [0.2, 0.25) is 0 Å². The fraction of sp³-hybridized carbons (Fsp3) is 0.364. The molecule has 0 saturated carbocycles. The number of carboxylic acids is 1. The SMILES string of the molecule is C=C1C=CC(=O)N1CCOC(=O)CCC(=O)O. The predicted octanol–water partition coefficient (Wildman–Crippen LogP) is 0.306. The molecule has 1 N–H and O–H groups in total. The van der Waals surface area contributed by atoms with Crippen LogP contribution in [0.3, 0.4) is 0 Å². The topological polar surface area (TPSA) is 83.9 Å². The average molecular weight is 239 g/mol. The maximum absolute atomic E-state index is 11.2. The molecule has 1 aliphatic rings. The Bertz CT molecular complexity index is 367. The first-order valence-corrected chi connectivity index (χ1v) is 5.06. The van der Waals surface area contributed by atoms with E-state index in [0.717, 1.165) is 0 Å². The standard InChI is InChI=1S/C11H13NO5/c1-8-2-3-9(13)12(8)6-7-17-11(16)5-4-10(14)15/h2-3H,1,4-7H2,(H,14,15). The van der Waals surface area contributed by atoms with Crippen LogP contribution in [0, 0.1) is 0 Å². The Labute approximate surface area is 98.2 Å². The van der Waals surface area contributed by atoms with Gasteiger partial charge in [-0.1, -0.05) is 6.58 Å². The van der Waals surface area contributed by atoms with Gasteiger partial charge in [-0.2, -0.15) is 0 Å². The molecule has 1 rings (SSSR count). The fourth-order valence-corrected chi connectivity index (χ4v) is 1.27. The molecule has 1 amide bonds. The van der Waals surface area contributed by atoms with Gasteiger partial charge >= 0.3 is 11.9 Å². The third kappa shape index (κ3) is 4.10. The van der Waals surface area contributed by atoms with Gasteiger partial charge in [0, 0.05) is 11.8 Å². The highest BCUT2D eigenvalue weighted by molar-refractivity contribution is 5.93. The summed E-state index contributed by atoms with van der Waals surface area (Å²) in [5, 5.41) is 8.35. The average Bonchev–Trinajstić information content (AvgIpc) is 2.57. The van der Waals surface area contributed by atoms with Crippen molar-refractivity contribution in [1.82, 2.24) is 4.90 Å². The van der Waals surface area contributed by atoms with Gasteiger partial charge in [0.05, 0.1) is 19.4 Å². The van der Waals surface area contributed by atoms with E-state index < -0.39 is 11.9 Å². The molecule has 6 nitrogen and oxygen atoms in total. The van der Waals surface area contributed by atoms with E-state index in [1.54, 1.807) is 6.08 Å². The Hall–Kier alpha value is -2.11. The summed E-state index contributed by atoms with van der Waals surface area (Å²) in [7, 11) is 0. The number of ether oxygens (including phenoxy) is 1. The predicted molar refractivity (Wildman–Crippen MR) is 57.8 cm³/mol. The minimum absolute atomic E-state index is 0.0326. The van der Waals surface area contributed by atoms with Crippen molar-refractivity contribution < 1.29 is 24.2 Å². The van der Waals surface area contributed by atoms with Crippen LogP contribution >= 0.6 is 0 Å². The normalized spacial score (nSPS) is 14.2. The number of allylic oxidation sites excluding steroid dienone is 1. The summed E-state index contributed by atoms with van der Waals surface area (Å²) in [5.41, 5.74) is 0.552. The first kappa shape index (κ1) is 13.0. The van der Waals surface area contributed by atoms with Crippen molar-refractivity contribution in [3.05, 3.63) is 24.4 Å². The molecule has 0 spiro atoms. The highest BCUT2D eigenvalue weighted by Crippen LogP contribution is 2.11. The second-order valence-electron chi connectivity index (χ2n) is 3.43. The monoisotopic (exact) mass is 239 g/mol. The Kier molecular flexibility index (Phi) is 4.45. The molecule has 0 aromatic heterocycles. The second-order valence-corrected chi connectivity index (χ2v) is 3.43. The lowest BCUT2D eigenvalue weighted by Crippen LogP contribution is -2.28. The number of esters is 1. The lowest BCUT2D eigenvalue weighted by atomic mass is 10.3. The summed E-state index contributed by atoms with van der Waals surface area (Å²) < 4.78 is 4.79. The van der Waals surface area contributed by atoms with Gasteiger partial charge in [-0.05, 0) is 6.08 Å². The van der Waals surface area contributed by atoms with Crippen LogP contribution in [0.4, 0.5) is 0 Å². The van der Waals surface area contributed by atoms with Gasteiger partial charge in [-0.25, -0.2) is 0 Å². The molecule has 0 bridgehead atoms. The van der Waals surface area contributed by atoms with Gasteiger partial charge in [0.15, 0.2) is 0 Å². The number of aliphatic carboxylic acids is 1. The Morgan fingerprint density at radius 2 is 2.06 bits per heavy atom. The molecule has 1 aliphatic heterocycles. The summed E-state index contributed by atoms with van der Waals surface area (Å²) in [6.45, 7) is 3.90. The van der Waals surface area contributed by atoms with E-state index >= 15 is 0 Å². The maximum Gasteiger partial charge on any atom is 0.306 e. The van der Waals surface area contributed by atoms with E-state index in [9.17, 15) is 14.4 Å². The van der Waals surface area contributed by atoms with Crippen LogP contribution in [0.1, 0.15) is 12.8 Å². The largest absolute Gasteiger partial charge is 0.481 e. The van der Waals surface area contributed by atoms with Gasteiger partial charge < -0.3 is 14.7 Å². The summed E-state index contributed by atoms with van der Waals surface area (Å²) in [6.07, 6.45) is 2.54. The minimum Gasteiger partial charge on any atom is -0.481 e. The zero-order chi connectivity index (χ0) is 12.8. The number of carbonyl (C=O) groups is 3. The molecule has 0 aliphatic carbocycles. The Balaban J connectivity index is 2.20. The summed E-state index contributed by atoms with van der Waals surface area (Å²) in [6, 6.07) is 0. The van der Waals surface area contributed by atoms with Crippen molar-refractivity contribution in [3.8, 4) is 0 Å².